The number of carbonyl (C=O) groups is 2. The first-order chi connectivity index (χ1) is 14.3. The van der Waals surface area contributed by atoms with Gasteiger partial charge in [-0.25, -0.2) is 4.79 Å². The molecule has 7 nitrogen and oxygen atoms in total. The van der Waals surface area contributed by atoms with Crippen LogP contribution < -0.4 is 10.1 Å². The summed E-state index contributed by atoms with van der Waals surface area (Å²) in [5, 5.41) is 3.23. The minimum Gasteiger partial charge on any atom is -0.399 e. The molecule has 2 aliphatic heterocycles. The number of hydrogen-bond donors (Lipinski definition) is 1. The van der Waals surface area contributed by atoms with Gasteiger partial charge in [-0.05, 0) is 44.2 Å². The first-order valence-corrected chi connectivity index (χ1v) is 11.7. The largest absolute Gasteiger partial charge is 0.413 e. The fourth-order valence-corrected chi connectivity index (χ4v) is 5.93. The normalized spacial score (nSPS) is 24.0. The highest BCUT2D eigenvalue weighted by molar-refractivity contribution is 7.17. The average Bonchev–Trinajstić information content (AvgIpc) is 3.40. The van der Waals surface area contributed by atoms with E-state index in [1.165, 1.54) is 21.8 Å². The molecule has 0 radical (unpaired) electrons. The molecule has 0 aromatic carbocycles. The third-order valence-electron chi connectivity index (χ3n) is 5.67. The van der Waals surface area contributed by atoms with Crippen LogP contribution in [0.1, 0.15) is 27.0 Å². The Kier molecular flexibility index (Phi) is 6.36. The lowest BCUT2D eigenvalue weighted by Crippen LogP contribution is -2.44. The van der Waals surface area contributed by atoms with Crippen LogP contribution >= 0.6 is 34.3 Å². The minimum absolute atomic E-state index is 0.0190. The molecule has 3 atom stereocenters. The molecule has 10 heteroatoms. The van der Waals surface area contributed by atoms with Crippen LogP contribution in [0, 0.1) is 0 Å². The number of nitrogens with one attached hydrogen (secondary N) is 1. The van der Waals surface area contributed by atoms with Gasteiger partial charge in [0.1, 0.15) is 0 Å². The van der Waals surface area contributed by atoms with Crippen LogP contribution in [0.3, 0.4) is 0 Å². The molecular weight excluding hydrogens is 446 g/mol. The second-order valence-corrected chi connectivity index (χ2v) is 10.5. The second kappa shape index (κ2) is 8.84. The van der Waals surface area contributed by atoms with Crippen molar-refractivity contribution in [2.45, 2.75) is 38.1 Å². The fraction of sp³-hybridized carbons (Fsp3) is 0.500. The molecule has 2 amide bonds. The van der Waals surface area contributed by atoms with Crippen molar-refractivity contribution in [3.8, 4) is 5.06 Å². The summed E-state index contributed by atoms with van der Waals surface area (Å²) in [7, 11) is 3.69. The molecule has 1 unspecified atom stereocenters. The molecular formula is C20H24ClN3O4S2. The highest BCUT2D eigenvalue weighted by Crippen LogP contribution is 2.32. The summed E-state index contributed by atoms with van der Waals surface area (Å²) in [6, 6.07) is 5.47. The number of ether oxygens (including phenoxy) is 2. The lowest BCUT2D eigenvalue weighted by Gasteiger charge is -2.29. The van der Waals surface area contributed by atoms with E-state index in [4.69, 9.17) is 21.1 Å². The predicted molar refractivity (Wildman–Crippen MR) is 118 cm³/mol. The van der Waals surface area contributed by atoms with E-state index in [0.717, 1.165) is 17.8 Å². The van der Waals surface area contributed by atoms with Crippen LogP contribution in [0.2, 0.25) is 4.34 Å². The van der Waals surface area contributed by atoms with Gasteiger partial charge in [-0.15, -0.1) is 11.3 Å². The summed E-state index contributed by atoms with van der Waals surface area (Å²) in [6.45, 7) is 3.86. The number of amides is 2. The Labute approximate surface area is 188 Å². The van der Waals surface area contributed by atoms with E-state index in [1.807, 2.05) is 6.07 Å². The molecule has 2 aromatic heterocycles. The number of fused-ring (bicyclic) bond motifs is 1. The maximum Gasteiger partial charge on any atom is 0.413 e. The van der Waals surface area contributed by atoms with Gasteiger partial charge in [-0.1, -0.05) is 22.9 Å². The van der Waals surface area contributed by atoms with E-state index < -0.39 is 6.09 Å². The second-order valence-electron chi connectivity index (χ2n) is 7.71. The SMILES string of the molecule is CO[C@H]1CN(C(=O)c2cc3c(s2)CN(C)C(C)C3)C[C@@H]1NC(=O)Oc1ccc(Cl)s1. The minimum atomic E-state index is -0.585. The van der Waals surface area contributed by atoms with Gasteiger partial charge in [0.05, 0.1) is 21.4 Å². The van der Waals surface area contributed by atoms with Gasteiger partial charge < -0.3 is 19.7 Å². The molecule has 2 aromatic rings. The Balaban J connectivity index is 1.40. The molecule has 1 fully saturated rings. The zero-order valence-electron chi connectivity index (χ0n) is 17.0. The highest BCUT2D eigenvalue weighted by Gasteiger charge is 2.38. The van der Waals surface area contributed by atoms with Gasteiger partial charge in [0, 0.05) is 37.7 Å². The topological polar surface area (TPSA) is 71.1 Å². The van der Waals surface area contributed by atoms with Crippen molar-refractivity contribution < 1.29 is 19.1 Å². The molecule has 0 aliphatic carbocycles. The molecule has 0 bridgehead atoms. The van der Waals surface area contributed by atoms with E-state index in [-0.39, 0.29) is 18.1 Å². The Morgan fingerprint density at radius 2 is 2.07 bits per heavy atom. The van der Waals surface area contributed by atoms with Gasteiger partial charge in [0.2, 0.25) is 0 Å². The summed E-state index contributed by atoms with van der Waals surface area (Å²) in [5.41, 5.74) is 1.27. The Morgan fingerprint density at radius 1 is 1.27 bits per heavy atom. The molecule has 4 rings (SSSR count). The quantitative estimate of drug-likeness (QED) is 0.742. The molecule has 0 saturated carbocycles. The van der Waals surface area contributed by atoms with Crippen LogP contribution in [-0.2, 0) is 17.7 Å². The number of hydrogen-bond acceptors (Lipinski definition) is 7. The molecule has 0 spiro atoms. The van der Waals surface area contributed by atoms with E-state index in [2.05, 4.69) is 24.2 Å². The van der Waals surface area contributed by atoms with Crippen molar-refractivity contribution in [3.63, 3.8) is 0 Å². The van der Waals surface area contributed by atoms with Gasteiger partial charge >= 0.3 is 6.09 Å². The van der Waals surface area contributed by atoms with Crippen molar-refractivity contribution in [3.05, 3.63) is 37.9 Å². The van der Waals surface area contributed by atoms with Gasteiger partial charge in [-0.2, -0.15) is 0 Å². The van der Waals surface area contributed by atoms with Crippen molar-refractivity contribution in [1.29, 1.82) is 0 Å². The summed E-state index contributed by atoms with van der Waals surface area (Å²) in [6.07, 6.45) is 0.0756. The number of likely N-dealkylation sites (N-methyl/N-ethyl adjacent to an activating group) is 1. The molecule has 4 heterocycles. The maximum atomic E-state index is 13.1. The van der Waals surface area contributed by atoms with E-state index in [9.17, 15) is 9.59 Å². The number of nitrogens with zero attached hydrogens (tertiary/aromatic N) is 2. The number of thiophene rings is 2. The number of carbonyl (C=O) groups excluding carboxylic acids is 2. The van der Waals surface area contributed by atoms with Crippen molar-refractivity contribution >= 4 is 46.3 Å². The lowest BCUT2D eigenvalue weighted by molar-refractivity contribution is 0.0711. The van der Waals surface area contributed by atoms with Crippen molar-refractivity contribution in [2.75, 3.05) is 27.2 Å². The smallest absolute Gasteiger partial charge is 0.399 e. The number of halogens is 1. The van der Waals surface area contributed by atoms with Crippen LogP contribution in [-0.4, -0.2) is 67.2 Å². The number of likely N-dealkylation sites (tertiary alicyclic amines) is 1. The molecule has 2 aliphatic rings. The zero-order chi connectivity index (χ0) is 21.4. The first-order valence-electron chi connectivity index (χ1n) is 9.71. The van der Waals surface area contributed by atoms with Crippen molar-refractivity contribution in [2.24, 2.45) is 0 Å². The third-order valence-corrected chi connectivity index (χ3v) is 7.93. The molecule has 162 valence electrons. The summed E-state index contributed by atoms with van der Waals surface area (Å²) >= 11 is 8.61. The zero-order valence-corrected chi connectivity index (χ0v) is 19.4. The van der Waals surface area contributed by atoms with Crippen LogP contribution in [0.4, 0.5) is 4.79 Å². The number of methoxy groups -OCH3 is 1. The number of rotatable bonds is 4. The molecule has 1 saturated heterocycles. The van der Waals surface area contributed by atoms with Gasteiger partial charge in [0.25, 0.3) is 5.91 Å². The standard InChI is InChI=1S/C20H24ClN3O4S2/c1-11-6-12-7-15(29-16(12)10-23(11)2)19(25)24-8-13(14(9-24)27-3)22-20(26)28-18-5-4-17(21)30-18/h4-5,7,11,13-14H,6,8-10H2,1-3H3,(H,22,26)/t11?,13-,14-/m0/s1. The van der Waals surface area contributed by atoms with Crippen LogP contribution in [0.25, 0.3) is 0 Å². The van der Waals surface area contributed by atoms with E-state index in [0.29, 0.717) is 28.5 Å². The summed E-state index contributed by atoms with van der Waals surface area (Å²) < 4.78 is 11.3. The van der Waals surface area contributed by atoms with Gasteiger partial charge in [-0.3, -0.25) is 9.69 Å². The van der Waals surface area contributed by atoms with Crippen molar-refractivity contribution in [1.82, 2.24) is 15.1 Å². The summed E-state index contributed by atoms with van der Waals surface area (Å²) in [5.74, 6) is -0.0190. The monoisotopic (exact) mass is 469 g/mol. The Hall–Kier alpha value is -1.65. The average molecular weight is 470 g/mol. The first kappa shape index (κ1) is 21.6. The Morgan fingerprint density at radius 3 is 2.77 bits per heavy atom. The third kappa shape index (κ3) is 4.50. The van der Waals surface area contributed by atoms with E-state index in [1.54, 1.807) is 35.5 Å². The van der Waals surface area contributed by atoms with Crippen LogP contribution in [0.5, 0.6) is 5.06 Å². The predicted octanol–water partition coefficient (Wildman–Crippen LogP) is 3.47. The summed E-state index contributed by atoms with van der Waals surface area (Å²) in [4.78, 5) is 31.4. The fourth-order valence-electron chi connectivity index (χ4n) is 3.83. The Bertz CT molecular complexity index is 919. The molecule has 1 N–H and O–H groups in total. The van der Waals surface area contributed by atoms with Crippen LogP contribution in [0.15, 0.2) is 18.2 Å². The van der Waals surface area contributed by atoms with Gasteiger partial charge in [0.15, 0.2) is 5.06 Å². The lowest BCUT2D eigenvalue weighted by atomic mass is 10.0. The highest BCUT2D eigenvalue weighted by atomic mass is 35.5. The maximum absolute atomic E-state index is 13.1. The molecule has 30 heavy (non-hydrogen) atoms. The van der Waals surface area contributed by atoms with E-state index >= 15 is 0 Å².